The maximum atomic E-state index is 5.61. The fourth-order valence-corrected chi connectivity index (χ4v) is 3.24. The molecule has 1 aliphatic heterocycles. The van der Waals surface area contributed by atoms with Crippen molar-refractivity contribution >= 4 is 29.9 Å². The standard InChI is InChI=1S/C20H34N4O2.HI/c1-4-21-19(22-12-15-25-3)23-16-20(10-13-26-14-11-20)24-17(2)18-8-6-5-7-9-18;/h5-9,17,24H,4,10-16H2,1-3H3,(H2,21,22,23);1H. The molecule has 0 bridgehead atoms. The average molecular weight is 490 g/mol. The van der Waals surface area contributed by atoms with Gasteiger partial charge in [-0.3, -0.25) is 4.99 Å². The smallest absolute Gasteiger partial charge is 0.191 e. The first-order valence-corrected chi connectivity index (χ1v) is 9.60. The lowest BCUT2D eigenvalue weighted by molar-refractivity contribution is 0.0374. The van der Waals surface area contributed by atoms with Gasteiger partial charge in [0, 0.05) is 45.0 Å². The highest BCUT2D eigenvalue weighted by molar-refractivity contribution is 14.0. The van der Waals surface area contributed by atoms with E-state index in [4.69, 9.17) is 14.5 Å². The van der Waals surface area contributed by atoms with Gasteiger partial charge in [0.25, 0.3) is 0 Å². The van der Waals surface area contributed by atoms with Crippen LogP contribution in [0, 0.1) is 0 Å². The summed E-state index contributed by atoms with van der Waals surface area (Å²) in [5.41, 5.74) is 1.25. The van der Waals surface area contributed by atoms with Crippen LogP contribution in [0.1, 0.15) is 38.3 Å². The molecule has 1 heterocycles. The molecule has 2 rings (SSSR count). The van der Waals surface area contributed by atoms with E-state index in [0.717, 1.165) is 51.6 Å². The van der Waals surface area contributed by atoms with Gasteiger partial charge in [-0.25, -0.2) is 0 Å². The van der Waals surface area contributed by atoms with Crippen molar-refractivity contribution in [1.29, 1.82) is 0 Å². The van der Waals surface area contributed by atoms with E-state index in [-0.39, 0.29) is 35.6 Å². The van der Waals surface area contributed by atoms with Crippen molar-refractivity contribution in [2.24, 2.45) is 4.99 Å². The molecule has 27 heavy (non-hydrogen) atoms. The molecule has 0 radical (unpaired) electrons. The summed E-state index contributed by atoms with van der Waals surface area (Å²) in [6.07, 6.45) is 1.93. The monoisotopic (exact) mass is 490 g/mol. The van der Waals surface area contributed by atoms with Gasteiger partial charge in [0.15, 0.2) is 5.96 Å². The van der Waals surface area contributed by atoms with Gasteiger partial charge in [-0.1, -0.05) is 30.3 Å². The number of benzene rings is 1. The average Bonchev–Trinajstić information content (AvgIpc) is 2.68. The van der Waals surface area contributed by atoms with Crippen molar-refractivity contribution in [2.45, 2.75) is 38.3 Å². The highest BCUT2D eigenvalue weighted by Crippen LogP contribution is 2.25. The molecule has 7 heteroatoms. The van der Waals surface area contributed by atoms with Crippen molar-refractivity contribution in [3.8, 4) is 0 Å². The van der Waals surface area contributed by atoms with Crippen molar-refractivity contribution in [3.63, 3.8) is 0 Å². The Balaban J connectivity index is 0.00000364. The summed E-state index contributed by atoms with van der Waals surface area (Å²) in [5, 5.41) is 10.5. The number of rotatable bonds is 9. The molecular weight excluding hydrogens is 455 g/mol. The van der Waals surface area contributed by atoms with Crippen LogP contribution in [-0.4, -0.2) is 58.1 Å². The normalized spacial score (nSPS) is 17.7. The second-order valence-corrected chi connectivity index (χ2v) is 6.78. The van der Waals surface area contributed by atoms with Crippen LogP contribution in [0.3, 0.4) is 0 Å². The van der Waals surface area contributed by atoms with E-state index in [1.54, 1.807) is 7.11 Å². The maximum absolute atomic E-state index is 5.61. The molecule has 3 N–H and O–H groups in total. The first-order valence-electron chi connectivity index (χ1n) is 9.60. The molecule has 1 aromatic rings. The molecule has 1 fully saturated rings. The molecule has 0 amide bonds. The Labute approximate surface area is 180 Å². The fraction of sp³-hybridized carbons (Fsp3) is 0.650. The first-order chi connectivity index (χ1) is 12.7. The molecule has 0 aliphatic carbocycles. The van der Waals surface area contributed by atoms with Gasteiger partial charge in [-0.05, 0) is 32.3 Å². The number of nitrogens with zero attached hydrogens (tertiary/aromatic N) is 1. The number of methoxy groups -OCH3 is 1. The van der Waals surface area contributed by atoms with E-state index in [1.165, 1.54) is 5.56 Å². The molecule has 154 valence electrons. The van der Waals surface area contributed by atoms with Gasteiger partial charge in [-0.15, -0.1) is 24.0 Å². The fourth-order valence-electron chi connectivity index (χ4n) is 3.24. The van der Waals surface area contributed by atoms with Gasteiger partial charge in [-0.2, -0.15) is 0 Å². The van der Waals surface area contributed by atoms with Crippen LogP contribution in [0.15, 0.2) is 35.3 Å². The first kappa shape index (κ1) is 24.1. The van der Waals surface area contributed by atoms with Crippen molar-refractivity contribution < 1.29 is 9.47 Å². The Morgan fingerprint density at radius 1 is 1.22 bits per heavy atom. The lowest BCUT2D eigenvalue weighted by atomic mass is 9.88. The zero-order chi connectivity index (χ0) is 18.7. The molecule has 0 saturated carbocycles. The predicted molar refractivity (Wildman–Crippen MR) is 122 cm³/mol. The van der Waals surface area contributed by atoms with Gasteiger partial charge in [0.05, 0.1) is 13.2 Å². The van der Waals surface area contributed by atoms with Crippen LogP contribution in [0.4, 0.5) is 0 Å². The molecule has 0 spiro atoms. The Bertz CT molecular complexity index is 536. The van der Waals surface area contributed by atoms with Crippen LogP contribution < -0.4 is 16.0 Å². The van der Waals surface area contributed by atoms with Crippen molar-refractivity contribution in [3.05, 3.63) is 35.9 Å². The minimum Gasteiger partial charge on any atom is -0.383 e. The summed E-state index contributed by atoms with van der Waals surface area (Å²) in [6.45, 7) is 8.80. The van der Waals surface area contributed by atoms with Crippen LogP contribution in [0.25, 0.3) is 0 Å². The number of guanidine groups is 1. The summed E-state index contributed by atoms with van der Waals surface area (Å²) in [6, 6.07) is 10.8. The lowest BCUT2D eigenvalue weighted by Gasteiger charge is -2.39. The SMILES string of the molecule is CCNC(=NCC1(NC(C)c2ccccc2)CCOCC1)NCCOC.I. The summed E-state index contributed by atoms with van der Waals surface area (Å²) < 4.78 is 10.7. The Kier molecular flexibility index (Phi) is 11.9. The Hall–Kier alpha value is -0.900. The van der Waals surface area contributed by atoms with E-state index in [2.05, 4.69) is 60.1 Å². The van der Waals surface area contributed by atoms with E-state index < -0.39 is 0 Å². The zero-order valence-corrected chi connectivity index (χ0v) is 19.1. The number of hydrogen-bond donors (Lipinski definition) is 3. The largest absolute Gasteiger partial charge is 0.383 e. The van der Waals surface area contributed by atoms with E-state index in [9.17, 15) is 0 Å². The summed E-state index contributed by atoms with van der Waals surface area (Å²) in [4.78, 5) is 4.85. The third kappa shape index (κ3) is 8.33. The summed E-state index contributed by atoms with van der Waals surface area (Å²) in [7, 11) is 1.71. The topological polar surface area (TPSA) is 66.9 Å². The van der Waals surface area contributed by atoms with Gasteiger partial charge in [0.1, 0.15) is 0 Å². The van der Waals surface area contributed by atoms with E-state index >= 15 is 0 Å². The third-order valence-corrected chi connectivity index (χ3v) is 4.75. The molecular formula is C20H35IN4O2. The van der Waals surface area contributed by atoms with Crippen LogP contribution in [0.5, 0.6) is 0 Å². The van der Waals surface area contributed by atoms with Crippen LogP contribution >= 0.6 is 24.0 Å². The number of ether oxygens (including phenoxy) is 2. The van der Waals surface area contributed by atoms with E-state index in [0.29, 0.717) is 6.61 Å². The van der Waals surface area contributed by atoms with Crippen LogP contribution in [-0.2, 0) is 9.47 Å². The van der Waals surface area contributed by atoms with Crippen LogP contribution in [0.2, 0.25) is 0 Å². The molecule has 0 aromatic heterocycles. The molecule has 1 atom stereocenters. The Morgan fingerprint density at radius 3 is 2.56 bits per heavy atom. The van der Waals surface area contributed by atoms with Crippen molar-refractivity contribution in [2.75, 3.05) is 46.6 Å². The molecule has 1 saturated heterocycles. The zero-order valence-electron chi connectivity index (χ0n) is 16.8. The quantitative estimate of drug-likeness (QED) is 0.215. The van der Waals surface area contributed by atoms with Gasteiger partial charge >= 0.3 is 0 Å². The van der Waals surface area contributed by atoms with Gasteiger partial charge < -0.3 is 25.4 Å². The maximum Gasteiger partial charge on any atom is 0.191 e. The second-order valence-electron chi connectivity index (χ2n) is 6.78. The third-order valence-electron chi connectivity index (χ3n) is 4.75. The lowest BCUT2D eigenvalue weighted by Crippen LogP contribution is -2.53. The number of halogens is 1. The summed E-state index contributed by atoms with van der Waals surface area (Å²) in [5.74, 6) is 0.838. The van der Waals surface area contributed by atoms with Crippen molar-refractivity contribution in [1.82, 2.24) is 16.0 Å². The number of nitrogens with one attached hydrogen (secondary N) is 3. The molecule has 1 aromatic carbocycles. The van der Waals surface area contributed by atoms with E-state index in [1.807, 2.05) is 0 Å². The van der Waals surface area contributed by atoms with Gasteiger partial charge in [0.2, 0.25) is 0 Å². The number of hydrogen-bond acceptors (Lipinski definition) is 4. The Morgan fingerprint density at radius 2 is 1.93 bits per heavy atom. The second kappa shape index (κ2) is 13.3. The molecule has 6 nitrogen and oxygen atoms in total. The number of aliphatic imine (C=N–C) groups is 1. The molecule has 1 unspecified atom stereocenters. The highest BCUT2D eigenvalue weighted by Gasteiger charge is 2.33. The minimum absolute atomic E-state index is 0. The summed E-state index contributed by atoms with van der Waals surface area (Å²) >= 11 is 0. The molecule has 1 aliphatic rings. The highest BCUT2D eigenvalue weighted by atomic mass is 127. The minimum atomic E-state index is -0.0445. The predicted octanol–water partition coefficient (Wildman–Crippen LogP) is 2.71.